The molecule has 2 heterocycles. The molecule has 6 heteroatoms. The van der Waals surface area contributed by atoms with E-state index in [1.807, 2.05) is 42.5 Å². The number of benzene rings is 2. The van der Waals surface area contributed by atoms with E-state index in [9.17, 15) is 0 Å². The van der Waals surface area contributed by atoms with Crippen molar-refractivity contribution < 1.29 is 0 Å². The van der Waals surface area contributed by atoms with Gasteiger partial charge in [-0.05, 0) is 41.6 Å². The zero-order valence-electron chi connectivity index (χ0n) is 11.3. The molecule has 0 bridgehead atoms. The Balaban J connectivity index is 1.86. The molecule has 2 aromatic carbocycles. The molecule has 5 nitrogen and oxygen atoms in total. The van der Waals surface area contributed by atoms with Gasteiger partial charge in [-0.15, -0.1) is 16.4 Å². The summed E-state index contributed by atoms with van der Waals surface area (Å²) in [5, 5.41) is 12.8. The summed E-state index contributed by atoms with van der Waals surface area (Å²) in [4.78, 5) is 4.61. The van der Waals surface area contributed by atoms with Gasteiger partial charge in [-0.1, -0.05) is 29.8 Å². The van der Waals surface area contributed by atoms with Crippen LogP contribution in [0.5, 0.6) is 0 Å². The normalized spacial score (nSPS) is 11.1. The van der Waals surface area contributed by atoms with Crippen molar-refractivity contribution in [3.8, 4) is 16.5 Å². The smallest absolute Gasteiger partial charge is 0.215 e. The average Bonchev–Trinajstić information content (AvgIpc) is 3.14. The number of aryl methyl sites for hydroxylation is 1. The van der Waals surface area contributed by atoms with E-state index >= 15 is 0 Å². The summed E-state index contributed by atoms with van der Waals surface area (Å²) in [5.74, 6) is 0.667. The maximum atomic E-state index is 4.61. The summed E-state index contributed by atoms with van der Waals surface area (Å²) in [5.41, 5.74) is 3.10. The lowest BCUT2D eigenvalue weighted by Gasteiger charge is -2.02. The lowest BCUT2D eigenvalue weighted by Crippen LogP contribution is -1.99. The fourth-order valence-electron chi connectivity index (χ4n) is 2.15. The number of aromatic nitrogens is 5. The van der Waals surface area contributed by atoms with Gasteiger partial charge < -0.3 is 0 Å². The van der Waals surface area contributed by atoms with Crippen LogP contribution in [0.1, 0.15) is 5.56 Å². The van der Waals surface area contributed by atoms with Crippen molar-refractivity contribution in [3.63, 3.8) is 0 Å². The average molecular weight is 293 g/mol. The molecule has 0 atom stereocenters. The van der Waals surface area contributed by atoms with Crippen molar-refractivity contribution in [1.29, 1.82) is 0 Å². The van der Waals surface area contributed by atoms with Crippen molar-refractivity contribution in [3.05, 3.63) is 54.1 Å². The third kappa shape index (κ3) is 2.09. The number of fused-ring (bicyclic) bond motifs is 1. The molecule has 0 spiro atoms. The molecule has 0 unspecified atom stereocenters. The van der Waals surface area contributed by atoms with Crippen molar-refractivity contribution in [1.82, 2.24) is 25.2 Å². The molecule has 0 fully saturated rings. The van der Waals surface area contributed by atoms with Crippen LogP contribution in [0.2, 0.25) is 0 Å². The molecular weight excluding hydrogens is 282 g/mol. The monoisotopic (exact) mass is 293 g/mol. The molecule has 21 heavy (non-hydrogen) atoms. The highest BCUT2D eigenvalue weighted by molar-refractivity contribution is 7.21. The fourth-order valence-corrected chi connectivity index (χ4v) is 3.08. The van der Waals surface area contributed by atoms with E-state index in [-0.39, 0.29) is 0 Å². The first-order chi connectivity index (χ1) is 10.3. The Morgan fingerprint density at radius 3 is 2.62 bits per heavy atom. The molecule has 0 aliphatic rings. The van der Waals surface area contributed by atoms with Gasteiger partial charge in [-0.25, -0.2) is 4.98 Å². The first kappa shape index (κ1) is 12.2. The zero-order chi connectivity index (χ0) is 14.2. The number of hydrogen-bond acceptors (Lipinski definition) is 5. The molecule has 0 radical (unpaired) electrons. The van der Waals surface area contributed by atoms with Gasteiger partial charge in [0.25, 0.3) is 0 Å². The predicted molar refractivity (Wildman–Crippen MR) is 82.5 cm³/mol. The van der Waals surface area contributed by atoms with Crippen molar-refractivity contribution >= 4 is 21.6 Å². The minimum absolute atomic E-state index is 0.667. The van der Waals surface area contributed by atoms with Crippen LogP contribution >= 0.6 is 11.3 Å². The minimum Gasteiger partial charge on any atom is -0.233 e. The van der Waals surface area contributed by atoms with E-state index in [2.05, 4.69) is 33.5 Å². The van der Waals surface area contributed by atoms with Crippen LogP contribution in [0.4, 0.5) is 0 Å². The Morgan fingerprint density at radius 1 is 1.00 bits per heavy atom. The quantitative estimate of drug-likeness (QED) is 0.569. The summed E-state index contributed by atoms with van der Waals surface area (Å²) in [7, 11) is 0. The van der Waals surface area contributed by atoms with Crippen LogP contribution in [0.15, 0.2) is 48.5 Å². The second kappa shape index (κ2) is 4.75. The summed E-state index contributed by atoms with van der Waals surface area (Å²) in [6, 6.07) is 16.1. The van der Waals surface area contributed by atoms with Crippen LogP contribution in [0.25, 0.3) is 26.7 Å². The maximum absolute atomic E-state index is 4.61. The number of tetrazole rings is 1. The molecule has 0 amide bonds. The summed E-state index contributed by atoms with van der Waals surface area (Å²) in [6.45, 7) is 2.05. The predicted octanol–water partition coefficient (Wildman–Crippen LogP) is 3.25. The fraction of sp³-hybridized carbons (Fsp3) is 0.0667. The number of hydrogen-bond donors (Lipinski definition) is 0. The summed E-state index contributed by atoms with van der Waals surface area (Å²) >= 11 is 1.59. The maximum Gasteiger partial charge on any atom is 0.215 e. The molecule has 4 aromatic rings. The topological polar surface area (TPSA) is 56.5 Å². The lowest BCUT2D eigenvalue weighted by molar-refractivity contribution is 0.791. The second-order valence-electron chi connectivity index (χ2n) is 4.74. The Hall–Kier alpha value is -2.60. The van der Waals surface area contributed by atoms with Gasteiger partial charge in [0.2, 0.25) is 5.82 Å². The van der Waals surface area contributed by atoms with Gasteiger partial charge in [0.05, 0.1) is 15.9 Å². The van der Waals surface area contributed by atoms with E-state index < -0.39 is 0 Å². The van der Waals surface area contributed by atoms with Gasteiger partial charge in [0, 0.05) is 0 Å². The van der Waals surface area contributed by atoms with Gasteiger partial charge in [-0.3, -0.25) is 0 Å². The third-order valence-corrected chi connectivity index (χ3v) is 4.27. The second-order valence-corrected chi connectivity index (χ2v) is 5.77. The van der Waals surface area contributed by atoms with Gasteiger partial charge in [-0.2, -0.15) is 4.68 Å². The van der Waals surface area contributed by atoms with Gasteiger partial charge in [0.15, 0.2) is 5.01 Å². The molecule has 0 N–H and O–H groups in total. The SMILES string of the molecule is Cc1ccc(-n2nnnc2-c2nc3ccccc3s2)cc1. The Labute approximate surface area is 124 Å². The largest absolute Gasteiger partial charge is 0.233 e. The zero-order valence-corrected chi connectivity index (χ0v) is 12.1. The van der Waals surface area contributed by atoms with Crippen LogP contribution in [0, 0.1) is 6.92 Å². The van der Waals surface area contributed by atoms with Crippen molar-refractivity contribution in [2.75, 3.05) is 0 Å². The molecule has 2 aromatic heterocycles. The molecular formula is C15H11N5S. The van der Waals surface area contributed by atoms with Crippen LogP contribution in [-0.4, -0.2) is 25.2 Å². The first-order valence-electron chi connectivity index (χ1n) is 6.52. The standard InChI is InChI=1S/C15H11N5S/c1-10-6-8-11(9-7-10)20-14(17-18-19-20)15-16-12-4-2-3-5-13(12)21-15/h2-9H,1H3. The van der Waals surface area contributed by atoms with Crippen LogP contribution in [-0.2, 0) is 0 Å². The van der Waals surface area contributed by atoms with Gasteiger partial charge in [0.1, 0.15) is 0 Å². The Bertz CT molecular complexity index is 874. The van der Waals surface area contributed by atoms with Crippen LogP contribution < -0.4 is 0 Å². The lowest BCUT2D eigenvalue weighted by atomic mass is 10.2. The van der Waals surface area contributed by atoms with E-state index in [0.29, 0.717) is 5.82 Å². The summed E-state index contributed by atoms with van der Waals surface area (Å²) < 4.78 is 2.85. The molecule has 0 aliphatic heterocycles. The van der Waals surface area contributed by atoms with E-state index in [1.165, 1.54) is 5.56 Å². The van der Waals surface area contributed by atoms with Crippen molar-refractivity contribution in [2.45, 2.75) is 6.92 Å². The summed E-state index contributed by atoms with van der Waals surface area (Å²) in [6.07, 6.45) is 0. The molecule has 0 saturated heterocycles. The number of rotatable bonds is 2. The highest BCUT2D eigenvalue weighted by Crippen LogP contribution is 2.29. The molecule has 0 aliphatic carbocycles. The minimum atomic E-state index is 0.667. The Morgan fingerprint density at radius 2 is 1.81 bits per heavy atom. The molecule has 0 saturated carbocycles. The first-order valence-corrected chi connectivity index (χ1v) is 7.34. The highest BCUT2D eigenvalue weighted by Gasteiger charge is 2.15. The third-order valence-electron chi connectivity index (χ3n) is 3.23. The molecule has 102 valence electrons. The van der Waals surface area contributed by atoms with E-state index in [4.69, 9.17) is 0 Å². The number of thiazole rings is 1. The van der Waals surface area contributed by atoms with Crippen molar-refractivity contribution in [2.24, 2.45) is 0 Å². The molecule has 4 rings (SSSR count). The van der Waals surface area contributed by atoms with Crippen LogP contribution in [0.3, 0.4) is 0 Å². The number of nitrogens with zero attached hydrogens (tertiary/aromatic N) is 5. The number of para-hydroxylation sites is 1. The Kier molecular flexibility index (Phi) is 2.75. The highest BCUT2D eigenvalue weighted by atomic mass is 32.1. The van der Waals surface area contributed by atoms with Gasteiger partial charge >= 0.3 is 0 Å². The van der Waals surface area contributed by atoms with E-state index in [0.717, 1.165) is 20.9 Å². The van der Waals surface area contributed by atoms with E-state index in [1.54, 1.807) is 16.0 Å².